The fraction of sp³-hybridized carbons (Fsp3) is 0.158. The van der Waals surface area contributed by atoms with E-state index < -0.39 is 12.1 Å². The molecule has 4 rings (SSSR count). The average molecular weight is 355 g/mol. The van der Waals surface area contributed by atoms with E-state index in [9.17, 15) is 18.4 Å². The molecule has 0 bridgehead atoms. The molecule has 2 aromatic carbocycles. The van der Waals surface area contributed by atoms with Gasteiger partial charge in [0.05, 0.1) is 23.9 Å². The molecular formula is C19H15F2N3O2. The summed E-state index contributed by atoms with van der Waals surface area (Å²) in [5.74, 6) is -0.947. The molecule has 26 heavy (non-hydrogen) atoms. The summed E-state index contributed by atoms with van der Waals surface area (Å²) in [4.78, 5) is 26.4. The van der Waals surface area contributed by atoms with Crippen LogP contribution in [-0.4, -0.2) is 23.4 Å². The fourth-order valence-corrected chi connectivity index (χ4v) is 3.27. The lowest BCUT2D eigenvalue weighted by Gasteiger charge is -2.25. The zero-order valence-corrected chi connectivity index (χ0v) is 13.6. The highest BCUT2D eigenvalue weighted by molar-refractivity contribution is 6.01. The monoisotopic (exact) mass is 355 g/mol. The Hall–Kier alpha value is -3.22. The van der Waals surface area contributed by atoms with Crippen molar-refractivity contribution in [3.8, 4) is 0 Å². The number of carbonyl (C=O) groups excluding carboxylic acids is 2. The fourth-order valence-electron chi connectivity index (χ4n) is 3.27. The molecule has 132 valence electrons. The van der Waals surface area contributed by atoms with Crippen molar-refractivity contribution in [2.24, 2.45) is 0 Å². The highest BCUT2D eigenvalue weighted by Gasteiger charge is 2.40. The third kappa shape index (κ3) is 2.92. The Kier molecular flexibility index (Phi) is 3.91. The summed E-state index contributed by atoms with van der Waals surface area (Å²) >= 11 is 0. The van der Waals surface area contributed by atoms with Crippen molar-refractivity contribution in [3.05, 3.63) is 82.6 Å². The zero-order valence-electron chi connectivity index (χ0n) is 13.6. The van der Waals surface area contributed by atoms with Gasteiger partial charge in [-0.3, -0.25) is 4.79 Å². The van der Waals surface area contributed by atoms with Crippen LogP contribution in [0, 0.1) is 11.6 Å². The van der Waals surface area contributed by atoms with Gasteiger partial charge in [0, 0.05) is 6.54 Å². The standard InChI is InChI=1S/C19H15F2N3O2/c20-13-5-1-11(2-6-13)9-24-10-15-16(18(24)25)17(23-19(26)22-15)12-3-7-14(21)8-4-12/h1-8,17H,9-10H2,(H2,22,23,26)/t17-/m0/s1. The molecule has 0 saturated heterocycles. The van der Waals surface area contributed by atoms with E-state index in [1.807, 2.05) is 0 Å². The van der Waals surface area contributed by atoms with Crippen LogP contribution in [0.2, 0.25) is 0 Å². The van der Waals surface area contributed by atoms with Crippen LogP contribution < -0.4 is 10.6 Å². The minimum Gasteiger partial charge on any atom is -0.329 e. The lowest BCUT2D eigenvalue weighted by Crippen LogP contribution is -2.44. The van der Waals surface area contributed by atoms with E-state index in [2.05, 4.69) is 10.6 Å². The van der Waals surface area contributed by atoms with E-state index in [0.29, 0.717) is 23.4 Å². The van der Waals surface area contributed by atoms with Crippen LogP contribution in [0.25, 0.3) is 0 Å². The van der Waals surface area contributed by atoms with E-state index in [1.54, 1.807) is 29.2 Å². The highest BCUT2D eigenvalue weighted by Crippen LogP contribution is 2.33. The number of nitrogens with one attached hydrogen (secondary N) is 2. The Morgan fingerprint density at radius 1 is 0.962 bits per heavy atom. The molecule has 2 aliphatic rings. The third-order valence-electron chi connectivity index (χ3n) is 4.51. The summed E-state index contributed by atoms with van der Waals surface area (Å²) < 4.78 is 26.3. The number of rotatable bonds is 3. The van der Waals surface area contributed by atoms with Gasteiger partial charge in [-0.15, -0.1) is 0 Å². The van der Waals surface area contributed by atoms with Crippen LogP contribution >= 0.6 is 0 Å². The number of hydrogen-bond donors (Lipinski definition) is 2. The van der Waals surface area contributed by atoms with Gasteiger partial charge < -0.3 is 15.5 Å². The summed E-state index contributed by atoms with van der Waals surface area (Å²) in [5, 5.41) is 5.40. The predicted octanol–water partition coefficient (Wildman–Crippen LogP) is 2.62. The van der Waals surface area contributed by atoms with Crippen LogP contribution in [0.5, 0.6) is 0 Å². The van der Waals surface area contributed by atoms with Gasteiger partial charge in [0.25, 0.3) is 5.91 Å². The number of halogens is 2. The largest absolute Gasteiger partial charge is 0.329 e. The Labute approximate surface area is 148 Å². The molecule has 0 aliphatic carbocycles. The number of hydrogen-bond acceptors (Lipinski definition) is 2. The van der Waals surface area contributed by atoms with Crippen molar-refractivity contribution >= 4 is 11.9 Å². The molecule has 1 atom stereocenters. The molecule has 2 heterocycles. The second-order valence-corrected chi connectivity index (χ2v) is 6.26. The number of benzene rings is 2. The van der Waals surface area contributed by atoms with Crippen LogP contribution in [0.4, 0.5) is 13.6 Å². The van der Waals surface area contributed by atoms with Crippen molar-refractivity contribution in [1.82, 2.24) is 15.5 Å². The van der Waals surface area contributed by atoms with Crippen LogP contribution in [0.15, 0.2) is 59.8 Å². The predicted molar refractivity (Wildman–Crippen MR) is 89.7 cm³/mol. The van der Waals surface area contributed by atoms with Crippen LogP contribution in [0.1, 0.15) is 17.2 Å². The van der Waals surface area contributed by atoms with Crippen molar-refractivity contribution in [3.63, 3.8) is 0 Å². The van der Waals surface area contributed by atoms with E-state index >= 15 is 0 Å². The van der Waals surface area contributed by atoms with E-state index in [1.165, 1.54) is 24.3 Å². The van der Waals surface area contributed by atoms with Gasteiger partial charge in [-0.1, -0.05) is 24.3 Å². The SMILES string of the molecule is O=C1NC2=C(C(=O)N(Cc3ccc(F)cc3)C2)[C@H](c2ccc(F)cc2)N1. The van der Waals surface area contributed by atoms with E-state index in [-0.39, 0.29) is 24.1 Å². The number of carbonyl (C=O) groups is 2. The second-order valence-electron chi connectivity index (χ2n) is 6.26. The summed E-state index contributed by atoms with van der Waals surface area (Å²) in [7, 11) is 0. The van der Waals surface area contributed by atoms with Crippen molar-refractivity contribution in [2.45, 2.75) is 12.6 Å². The Morgan fingerprint density at radius 3 is 2.23 bits per heavy atom. The molecule has 0 aromatic heterocycles. The number of amides is 3. The first-order valence-corrected chi connectivity index (χ1v) is 8.11. The minimum atomic E-state index is -0.634. The molecular weight excluding hydrogens is 340 g/mol. The van der Waals surface area contributed by atoms with Gasteiger partial charge >= 0.3 is 6.03 Å². The maximum atomic E-state index is 13.2. The molecule has 0 unspecified atom stereocenters. The molecule has 0 spiro atoms. The smallest absolute Gasteiger partial charge is 0.319 e. The third-order valence-corrected chi connectivity index (χ3v) is 4.51. The van der Waals surface area contributed by atoms with Crippen molar-refractivity contribution < 1.29 is 18.4 Å². The van der Waals surface area contributed by atoms with Gasteiger partial charge in [-0.25, -0.2) is 13.6 Å². The maximum Gasteiger partial charge on any atom is 0.319 e. The van der Waals surface area contributed by atoms with Gasteiger partial charge in [-0.05, 0) is 35.4 Å². The van der Waals surface area contributed by atoms with E-state index in [4.69, 9.17) is 0 Å². The molecule has 0 saturated carbocycles. The molecule has 0 radical (unpaired) electrons. The molecule has 2 aliphatic heterocycles. The first-order chi connectivity index (χ1) is 12.5. The van der Waals surface area contributed by atoms with Gasteiger partial charge in [0.2, 0.25) is 0 Å². The number of urea groups is 1. The highest BCUT2D eigenvalue weighted by atomic mass is 19.1. The summed E-state index contributed by atoms with van der Waals surface area (Å²) in [6.07, 6.45) is 0. The first kappa shape index (κ1) is 16.3. The summed E-state index contributed by atoms with van der Waals surface area (Å²) in [5.41, 5.74) is 2.40. The molecule has 5 nitrogen and oxygen atoms in total. The second kappa shape index (κ2) is 6.25. The molecule has 2 aromatic rings. The Morgan fingerprint density at radius 2 is 1.58 bits per heavy atom. The molecule has 3 amide bonds. The van der Waals surface area contributed by atoms with E-state index in [0.717, 1.165) is 5.56 Å². The Balaban J connectivity index is 1.61. The normalized spacial score (nSPS) is 19.3. The summed E-state index contributed by atoms with van der Waals surface area (Å²) in [6, 6.07) is 10.6. The van der Waals surface area contributed by atoms with Gasteiger partial charge in [-0.2, -0.15) is 0 Å². The molecule has 0 fully saturated rings. The van der Waals surface area contributed by atoms with Crippen LogP contribution in [-0.2, 0) is 11.3 Å². The molecule has 2 N–H and O–H groups in total. The lowest BCUT2D eigenvalue weighted by molar-refractivity contribution is -0.126. The van der Waals surface area contributed by atoms with Gasteiger partial charge in [0.1, 0.15) is 11.6 Å². The minimum absolute atomic E-state index is 0.217. The van der Waals surface area contributed by atoms with Crippen LogP contribution in [0.3, 0.4) is 0 Å². The van der Waals surface area contributed by atoms with Crippen molar-refractivity contribution in [1.29, 1.82) is 0 Å². The summed E-state index contributed by atoms with van der Waals surface area (Å²) in [6.45, 7) is 0.564. The average Bonchev–Trinajstić information content (AvgIpc) is 2.92. The maximum absolute atomic E-state index is 13.2. The lowest BCUT2D eigenvalue weighted by atomic mass is 9.96. The zero-order chi connectivity index (χ0) is 18.3. The topological polar surface area (TPSA) is 61.4 Å². The number of nitrogens with zero attached hydrogens (tertiary/aromatic N) is 1. The molecule has 7 heteroatoms. The first-order valence-electron chi connectivity index (χ1n) is 8.11. The quantitative estimate of drug-likeness (QED) is 0.889. The van der Waals surface area contributed by atoms with Gasteiger partial charge in [0.15, 0.2) is 0 Å². The van der Waals surface area contributed by atoms with Crippen molar-refractivity contribution in [2.75, 3.05) is 6.54 Å². The Bertz CT molecular complexity index is 907.